The van der Waals surface area contributed by atoms with Gasteiger partial charge in [0.05, 0.1) is 35.5 Å². The van der Waals surface area contributed by atoms with Crippen LogP contribution in [0, 0.1) is 10.1 Å². The molecule has 1 amide bonds. The summed E-state index contributed by atoms with van der Waals surface area (Å²) in [6.45, 7) is 0.353. The Balaban J connectivity index is 1.44. The average Bonchev–Trinajstić information content (AvgIpc) is 3.57. The van der Waals surface area contributed by atoms with Gasteiger partial charge in [0.2, 0.25) is 5.91 Å². The van der Waals surface area contributed by atoms with Crippen molar-refractivity contribution >= 4 is 34.6 Å². The van der Waals surface area contributed by atoms with Gasteiger partial charge in [0, 0.05) is 48.9 Å². The van der Waals surface area contributed by atoms with Crippen LogP contribution >= 0.6 is 12.2 Å². The third kappa shape index (κ3) is 5.43. The van der Waals surface area contributed by atoms with E-state index in [0.29, 0.717) is 23.1 Å². The lowest BCUT2D eigenvalue weighted by Crippen LogP contribution is -2.33. The van der Waals surface area contributed by atoms with Crippen molar-refractivity contribution in [3.8, 4) is 11.4 Å². The fraction of sp³-hybridized carbons (Fsp3) is 0.179. The Morgan fingerprint density at radius 3 is 2.59 bits per heavy atom. The molecule has 4 aromatic rings. The summed E-state index contributed by atoms with van der Waals surface area (Å²) in [5.41, 5.74) is 3.10. The first-order chi connectivity index (χ1) is 19.0. The second-order valence-corrected chi connectivity index (χ2v) is 9.28. The van der Waals surface area contributed by atoms with Crippen molar-refractivity contribution in [2.24, 2.45) is 0 Å². The first-order valence-corrected chi connectivity index (χ1v) is 12.7. The number of ether oxygens (including phenoxy) is 1. The summed E-state index contributed by atoms with van der Waals surface area (Å²) in [6.07, 6.45) is 3.82. The van der Waals surface area contributed by atoms with Crippen LogP contribution < -0.4 is 15.4 Å². The smallest absolute Gasteiger partial charge is 0.269 e. The molecule has 0 radical (unpaired) electrons. The van der Waals surface area contributed by atoms with E-state index in [9.17, 15) is 14.9 Å². The highest BCUT2D eigenvalue weighted by atomic mass is 32.1. The molecule has 10 nitrogen and oxygen atoms in total. The maximum absolute atomic E-state index is 12.9. The SMILES string of the molecule is COc1ccccc1NC(=O)CCN1C(=S)N[C@@H](c2ccccn2)[C@@H]1c1cccn1-c1ccc([N+](=O)[O-])cc1. The van der Waals surface area contributed by atoms with Crippen LogP contribution in [-0.4, -0.2) is 44.0 Å². The van der Waals surface area contributed by atoms with E-state index in [1.807, 2.05) is 58.1 Å². The second kappa shape index (κ2) is 11.3. The predicted molar refractivity (Wildman–Crippen MR) is 151 cm³/mol. The van der Waals surface area contributed by atoms with Crippen molar-refractivity contribution in [3.63, 3.8) is 0 Å². The largest absolute Gasteiger partial charge is 0.495 e. The van der Waals surface area contributed by atoms with Crippen LogP contribution in [0.4, 0.5) is 11.4 Å². The standard InChI is InChI=1S/C28H26N6O4S/c1-38-24-10-3-2-7-21(24)30-25(35)15-18-33-27(26(31-28(33)39)22-8-4-5-16-29-22)23-9-6-17-32(23)19-11-13-20(14-12-19)34(36)37/h2-14,16-17,26-27H,15,18H2,1H3,(H,30,35)(H,31,39)/t26-,27-/m0/s1. The molecule has 39 heavy (non-hydrogen) atoms. The molecule has 0 saturated carbocycles. The van der Waals surface area contributed by atoms with Gasteiger partial charge < -0.3 is 24.8 Å². The number of hydrogen-bond donors (Lipinski definition) is 2. The summed E-state index contributed by atoms with van der Waals surface area (Å²) in [5.74, 6) is 0.409. The molecule has 2 aromatic heterocycles. The number of pyridine rings is 1. The molecule has 1 saturated heterocycles. The lowest BCUT2D eigenvalue weighted by Gasteiger charge is -2.29. The third-order valence-electron chi connectivity index (χ3n) is 6.58. The maximum Gasteiger partial charge on any atom is 0.269 e. The number of nitrogens with zero attached hydrogens (tertiary/aromatic N) is 4. The van der Waals surface area contributed by atoms with Crippen molar-refractivity contribution < 1.29 is 14.5 Å². The molecule has 0 spiro atoms. The van der Waals surface area contributed by atoms with Crippen LogP contribution in [0.2, 0.25) is 0 Å². The zero-order chi connectivity index (χ0) is 27.4. The van der Waals surface area contributed by atoms with E-state index < -0.39 is 4.92 Å². The minimum absolute atomic E-state index is 0.0187. The van der Waals surface area contributed by atoms with Gasteiger partial charge in [0.1, 0.15) is 5.75 Å². The molecule has 1 fully saturated rings. The number of nitro benzene ring substituents is 1. The number of hydrogen-bond acceptors (Lipinski definition) is 6. The van der Waals surface area contributed by atoms with Crippen LogP contribution in [0.3, 0.4) is 0 Å². The van der Waals surface area contributed by atoms with E-state index in [1.54, 1.807) is 37.6 Å². The molecule has 2 aromatic carbocycles. The Hall–Kier alpha value is -4.77. The first kappa shape index (κ1) is 25.9. The quantitative estimate of drug-likeness (QED) is 0.176. The van der Waals surface area contributed by atoms with E-state index in [1.165, 1.54) is 12.1 Å². The van der Waals surface area contributed by atoms with E-state index in [0.717, 1.165) is 17.1 Å². The van der Waals surface area contributed by atoms with Crippen molar-refractivity contribution in [1.29, 1.82) is 0 Å². The monoisotopic (exact) mass is 542 g/mol. The molecule has 0 aliphatic carbocycles. The van der Waals surface area contributed by atoms with Gasteiger partial charge in [-0.05, 0) is 60.7 Å². The zero-order valence-corrected chi connectivity index (χ0v) is 21.9. The Morgan fingerprint density at radius 2 is 1.87 bits per heavy atom. The molecule has 1 aliphatic rings. The van der Waals surface area contributed by atoms with Crippen molar-refractivity contribution in [3.05, 3.63) is 113 Å². The van der Waals surface area contributed by atoms with Crippen molar-refractivity contribution in [1.82, 2.24) is 19.8 Å². The summed E-state index contributed by atoms with van der Waals surface area (Å²) < 4.78 is 7.32. The van der Waals surface area contributed by atoms with E-state index >= 15 is 0 Å². The molecule has 2 N–H and O–H groups in total. The minimum Gasteiger partial charge on any atom is -0.495 e. The number of methoxy groups -OCH3 is 1. The van der Waals surface area contributed by atoms with Gasteiger partial charge in [-0.15, -0.1) is 0 Å². The number of carbonyl (C=O) groups excluding carboxylic acids is 1. The molecular weight excluding hydrogens is 516 g/mol. The fourth-order valence-electron chi connectivity index (χ4n) is 4.76. The normalized spacial score (nSPS) is 16.5. The molecule has 3 heterocycles. The Bertz CT molecular complexity index is 1490. The lowest BCUT2D eigenvalue weighted by atomic mass is 10.0. The zero-order valence-electron chi connectivity index (χ0n) is 21.1. The van der Waals surface area contributed by atoms with E-state index in [4.69, 9.17) is 17.0 Å². The van der Waals surface area contributed by atoms with Gasteiger partial charge in [-0.3, -0.25) is 19.9 Å². The highest BCUT2D eigenvalue weighted by molar-refractivity contribution is 7.80. The topological polar surface area (TPSA) is 115 Å². The van der Waals surface area contributed by atoms with Gasteiger partial charge in [-0.25, -0.2) is 0 Å². The average molecular weight is 543 g/mol. The van der Waals surface area contributed by atoms with Crippen molar-refractivity contribution in [2.75, 3.05) is 19.0 Å². The number of carbonyl (C=O) groups is 1. The summed E-state index contributed by atoms with van der Waals surface area (Å²) in [6, 6.07) is 22.7. The number of anilines is 1. The van der Waals surface area contributed by atoms with E-state index in [-0.39, 0.29) is 30.1 Å². The number of rotatable bonds is 9. The number of thiocarbonyl (C=S) groups is 1. The second-order valence-electron chi connectivity index (χ2n) is 8.90. The predicted octanol–water partition coefficient (Wildman–Crippen LogP) is 4.79. The van der Waals surface area contributed by atoms with E-state index in [2.05, 4.69) is 15.6 Å². The number of amides is 1. The number of para-hydroxylation sites is 2. The van der Waals surface area contributed by atoms with Crippen molar-refractivity contribution in [2.45, 2.75) is 18.5 Å². The summed E-state index contributed by atoms with van der Waals surface area (Å²) >= 11 is 5.75. The lowest BCUT2D eigenvalue weighted by molar-refractivity contribution is -0.384. The van der Waals surface area contributed by atoms with Crippen LogP contribution in [0.1, 0.15) is 29.9 Å². The molecule has 0 unspecified atom stereocenters. The number of nitro groups is 1. The summed E-state index contributed by atoms with van der Waals surface area (Å²) in [5, 5.41) is 18.0. The number of aromatic nitrogens is 2. The molecule has 2 atom stereocenters. The van der Waals surface area contributed by atoms with Gasteiger partial charge in [0.25, 0.3) is 5.69 Å². The fourth-order valence-corrected chi connectivity index (χ4v) is 5.09. The highest BCUT2D eigenvalue weighted by Gasteiger charge is 2.41. The number of non-ortho nitro benzene ring substituents is 1. The third-order valence-corrected chi connectivity index (χ3v) is 6.93. The first-order valence-electron chi connectivity index (χ1n) is 12.3. The molecule has 11 heteroatoms. The molecule has 5 rings (SSSR count). The number of nitrogens with one attached hydrogen (secondary N) is 2. The van der Waals surface area contributed by atoms with Gasteiger partial charge in [-0.2, -0.15) is 0 Å². The van der Waals surface area contributed by atoms with Gasteiger partial charge >= 0.3 is 0 Å². The molecular formula is C28H26N6O4S. The van der Waals surface area contributed by atoms with Crippen LogP contribution in [0.5, 0.6) is 5.75 Å². The molecule has 0 bridgehead atoms. The van der Waals surface area contributed by atoms with Gasteiger partial charge in [-0.1, -0.05) is 18.2 Å². The Kier molecular flexibility index (Phi) is 7.50. The van der Waals surface area contributed by atoms with Crippen LogP contribution in [0.15, 0.2) is 91.3 Å². The summed E-state index contributed by atoms with van der Waals surface area (Å²) in [7, 11) is 1.56. The maximum atomic E-state index is 12.9. The number of benzene rings is 2. The van der Waals surface area contributed by atoms with Gasteiger partial charge in [0.15, 0.2) is 5.11 Å². The molecule has 198 valence electrons. The van der Waals surface area contributed by atoms with Crippen LogP contribution in [-0.2, 0) is 4.79 Å². The molecule has 1 aliphatic heterocycles. The Morgan fingerprint density at radius 1 is 1.10 bits per heavy atom. The summed E-state index contributed by atoms with van der Waals surface area (Å²) in [4.78, 5) is 30.2. The highest BCUT2D eigenvalue weighted by Crippen LogP contribution is 2.39. The Labute approximate surface area is 230 Å². The van der Waals surface area contributed by atoms with Crippen LogP contribution in [0.25, 0.3) is 5.69 Å². The minimum atomic E-state index is -0.422.